The first-order valence-corrected chi connectivity index (χ1v) is 6.28. The molecule has 4 nitrogen and oxygen atoms in total. The number of rotatable bonds is 9. The summed E-state index contributed by atoms with van der Waals surface area (Å²) in [6, 6.07) is 0. The Morgan fingerprint density at radius 2 is 2.06 bits per heavy atom. The van der Waals surface area contributed by atoms with Crippen LogP contribution in [0.4, 0.5) is 0 Å². The molecule has 0 aliphatic rings. The van der Waals surface area contributed by atoms with Crippen LogP contribution in [-0.2, 0) is 4.79 Å². The minimum absolute atomic E-state index is 0.0562. The molecular weight excluding hydrogens is 204 g/mol. The number of aliphatic hydroxyl groups excluding tert-OH is 1. The molecule has 16 heavy (non-hydrogen) atoms. The summed E-state index contributed by atoms with van der Waals surface area (Å²) in [6.45, 7) is 5.37. The van der Waals surface area contributed by atoms with Crippen LogP contribution < -0.4 is 11.1 Å². The van der Waals surface area contributed by atoms with Crippen molar-refractivity contribution >= 4 is 5.91 Å². The van der Waals surface area contributed by atoms with Gasteiger partial charge >= 0.3 is 0 Å². The zero-order chi connectivity index (χ0) is 12.4. The summed E-state index contributed by atoms with van der Waals surface area (Å²) in [7, 11) is 0. The molecule has 1 amide bonds. The predicted octanol–water partition coefficient (Wildman–Crippen LogP) is 0.886. The highest BCUT2D eigenvalue weighted by molar-refractivity contribution is 5.78. The number of nitrogens with one attached hydrogen (secondary N) is 1. The summed E-state index contributed by atoms with van der Waals surface area (Å²) < 4.78 is 0. The van der Waals surface area contributed by atoms with Crippen molar-refractivity contribution in [2.45, 2.75) is 39.5 Å². The molecule has 4 heteroatoms. The summed E-state index contributed by atoms with van der Waals surface area (Å²) in [5.41, 5.74) is 5.56. The van der Waals surface area contributed by atoms with Gasteiger partial charge in [-0.3, -0.25) is 4.79 Å². The maximum Gasteiger partial charge on any atom is 0.224 e. The van der Waals surface area contributed by atoms with Gasteiger partial charge in [-0.2, -0.15) is 0 Å². The number of amides is 1. The summed E-state index contributed by atoms with van der Waals surface area (Å²) in [5.74, 6) is 0.367. The Balaban J connectivity index is 3.92. The second kappa shape index (κ2) is 9.60. The molecule has 0 saturated heterocycles. The van der Waals surface area contributed by atoms with Gasteiger partial charge in [0.2, 0.25) is 5.91 Å². The maximum absolute atomic E-state index is 11.7. The Labute approximate surface area is 98.6 Å². The Bertz CT molecular complexity index is 186. The van der Waals surface area contributed by atoms with Crippen molar-refractivity contribution in [2.24, 2.45) is 17.6 Å². The third kappa shape index (κ3) is 6.08. The highest BCUT2D eigenvalue weighted by Gasteiger charge is 2.16. The molecule has 0 aromatic rings. The minimum atomic E-state index is -0.0587. The average molecular weight is 230 g/mol. The molecule has 0 spiro atoms. The number of carbonyl (C=O) groups excluding carboxylic acids is 1. The van der Waals surface area contributed by atoms with Crippen LogP contribution in [0.1, 0.15) is 39.5 Å². The van der Waals surface area contributed by atoms with Gasteiger partial charge in [-0.15, -0.1) is 0 Å². The van der Waals surface area contributed by atoms with Crippen LogP contribution in [0, 0.1) is 11.8 Å². The molecule has 0 fully saturated rings. The molecular formula is C12H26N2O2. The van der Waals surface area contributed by atoms with E-state index in [2.05, 4.69) is 19.2 Å². The fraction of sp³-hybridized carbons (Fsp3) is 0.917. The predicted molar refractivity (Wildman–Crippen MR) is 65.9 cm³/mol. The third-order valence-corrected chi connectivity index (χ3v) is 2.97. The van der Waals surface area contributed by atoms with E-state index in [4.69, 9.17) is 10.8 Å². The van der Waals surface area contributed by atoms with Gasteiger partial charge < -0.3 is 16.2 Å². The Kier molecular flexibility index (Phi) is 9.24. The molecule has 0 heterocycles. The van der Waals surface area contributed by atoms with Crippen molar-refractivity contribution in [3.05, 3.63) is 0 Å². The Hall–Kier alpha value is -0.610. The van der Waals surface area contributed by atoms with Gasteiger partial charge in [0.05, 0.1) is 5.92 Å². The van der Waals surface area contributed by atoms with Crippen molar-refractivity contribution in [1.82, 2.24) is 5.32 Å². The van der Waals surface area contributed by atoms with Crippen LogP contribution in [-0.4, -0.2) is 30.7 Å². The Morgan fingerprint density at radius 1 is 1.38 bits per heavy atom. The van der Waals surface area contributed by atoms with Gasteiger partial charge in [0, 0.05) is 19.7 Å². The molecule has 2 unspecified atom stereocenters. The van der Waals surface area contributed by atoms with Crippen molar-refractivity contribution < 1.29 is 9.90 Å². The smallest absolute Gasteiger partial charge is 0.224 e. The molecule has 0 bridgehead atoms. The van der Waals surface area contributed by atoms with E-state index in [1.165, 1.54) is 0 Å². The van der Waals surface area contributed by atoms with Crippen LogP contribution in [0.2, 0.25) is 0 Å². The minimum Gasteiger partial charge on any atom is -0.396 e. The molecule has 96 valence electrons. The van der Waals surface area contributed by atoms with Crippen molar-refractivity contribution in [2.75, 3.05) is 19.7 Å². The van der Waals surface area contributed by atoms with Crippen molar-refractivity contribution in [3.63, 3.8) is 0 Å². The molecule has 0 aromatic carbocycles. The molecule has 0 radical (unpaired) electrons. The number of hydrogen-bond donors (Lipinski definition) is 3. The van der Waals surface area contributed by atoms with Crippen LogP contribution in [0.25, 0.3) is 0 Å². The lowest BCUT2D eigenvalue weighted by Crippen LogP contribution is -2.37. The topological polar surface area (TPSA) is 75.4 Å². The summed E-state index contributed by atoms with van der Waals surface area (Å²) in [4.78, 5) is 11.7. The summed E-state index contributed by atoms with van der Waals surface area (Å²) >= 11 is 0. The SMILES string of the molecule is CCCC(CN)C(=O)NCC(CC)CCO. The van der Waals surface area contributed by atoms with Gasteiger partial charge in [-0.1, -0.05) is 26.7 Å². The van der Waals surface area contributed by atoms with Gasteiger partial charge in [-0.25, -0.2) is 0 Å². The van der Waals surface area contributed by atoms with Gasteiger partial charge in [0.25, 0.3) is 0 Å². The van der Waals surface area contributed by atoms with E-state index >= 15 is 0 Å². The molecule has 2 atom stereocenters. The lowest BCUT2D eigenvalue weighted by Gasteiger charge is -2.18. The first-order chi connectivity index (χ1) is 7.69. The number of aliphatic hydroxyl groups is 1. The standard InChI is InChI=1S/C12H26N2O2/c1-3-5-11(8-13)12(16)14-9-10(4-2)6-7-15/h10-11,15H,3-9,13H2,1-2H3,(H,14,16). The molecule has 0 aromatic heterocycles. The van der Waals surface area contributed by atoms with Crippen LogP contribution in [0.5, 0.6) is 0 Å². The second-order valence-corrected chi connectivity index (χ2v) is 4.25. The van der Waals surface area contributed by atoms with Crippen molar-refractivity contribution in [1.29, 1.82) is 0 Å². The summed E-state index contributed by atoms with van der Waals surface area (Å²) in [5, 5.41) is 11.8. The fourth-order valence-electron chi connectivity index (χ4n) is 1.73. The number of hydrogen-bond acceptors (Lipinski definition) is 3. The Morgan fingerprint density at radius 3 is 2.50 bits per heavy atom. The monoisotopic (exact) mass is 230 g/mol. The van der Waals surface area contributed by atoms with Crippen LogP contribution in [0.15, 0.2) is 0 Å². The number of carbonyl (C=O) groups is 1. The highest BCUT2D eigenvalue weighted by atomic mass is 16.3. The lowest BCUT2D eigenvalue weighted by molar-refractivity contribution is -0.125. The largest absolute Gasteiger partial charge is 0.396 e. The summed E-state index contributed by atoms with van der Waals surface area (Å²) in [6.07, 6.45) is 3.54. The van der Waals surface area contributed by atoms with E-state index < -0.39 is 0 Å². The average Bonchev–Trinajstić information content (AvgIpc) is 2.30. The zero-order valence-corrected chi connectivity index (χ0v) is 10.5. The van der Waals surface area contributed by atoms with E-state index in [1.807, 2.05) is 0 Å². The third-order valence-electron chi connectivity index (χ3n) is 2.97. The molecule has 0 aliphatic carbocycles. The molecule has 0 rings (SSSR count). The molecule has 0 saturated carbocycles. The van der Waals surface area contributed by atoms with E-state index in [9.17, 15) is 4.79 Å². The molecule has 0 aliphatic heterocycles. The first-order valence-electron chi connectivity index (χ1n) is 6.28. The second-order valence-electron chi connectivity index (χ2n) is 4.25. The highest BCUT2D eigenvalue weighted by Crippen LogP contribution is 2.08. The van der Waals surface area contributed by atoms with Gasteiger partial charge in [0.15, 0.2) is 0 Å². The van der Waals surface area contributed by atoms with E-state index in [-0.39, 0.29) is 18.4 Å². The van der Waals surface area contributed by atoms with Crippen LogP contribution in [0.3, 0.4) is 0 Å². The van der Waals surface area contributed by atoms with E-state index in [1.54, 1.807) is 0 Å². The fourth-order valence-corrected chi connectivity index (χ4v) is 1.73. The van der Waals surface area contributed by atoms with E-state index in [0.717, 1.165) is 25.7 Å². The zero-order valence-electron chi connectivity index (χ0n) is 10.5. The van der Waals surface area contributed by atoms with Gasteiger partial charge in [-0.05, 0) is 18.8 Å². The normalized spacial score (nSPS) is 14.5. The van der Waals surface area contributed by atoms with Crippen LogP contribution >= 0.6 is 0 Å². The van der Waals surface area contributed by atoms with Crippen molar-refractivity contribution in [3.8, 4) is 0 Å². The van der Waals surface area contributed by atoms with E-state index in [0.29, 0.717) is 19.0 Å². The maximum atomic E-state index is 11.7. The first kappa shape index (κ1) is 15.4. The quantitative estimate of drug-likeness (QED) is 0.550. The lowest BCUT2D eigenvalue weighted by atomic mass is 10.0. The number of nitrogens with two attached hydrogens (primary N) is 1. The van der Waals surface area contributed by atoms with Gasteiger partial charge in [0.1, 0.15) is 0 Å². The molecule has 4 N–H and O–H groups in total.